The minimum Gasteiger partial charge on any atom is -0.408 e. The van der Waals surface area contributed by atoms with Crippen molar-refractivity contribution in [2.24, 2.45) is 0 Å². The molecule has 0 atom stereocenters. The zero-order valence-electron chi connectivity index (χ0n) is 9.80. The molecule has 0 radical (unpaired) electrons. The number of nitrogens with zero attached hydrogens (tertiary/aromatic N) is 1. The van der Waals surface area contributed by atoms with E-state index in [1.165, 1.54) is 4.90 Å². The average molecular weight is 248 g/mol. The largest absolute Gasteiger partial charge is 0.417 e. The first-order valence-electron chi connectivity index (χ1n) is 5.42. The van der Waals surface area contributed by atoms with Gasteiger partial charge in [0.15, 0.2) is 5.58 Å². The Morgan fingerprint density at radius 3 is 3.00 bits per heavy atom. The topological polar surface area (TPSA) is 83.4 Å². The first kappa shape index (κ1) is 12.1. The summed E-state index contributed by atoms with van der Waals surface area (Å²) in [5.74, 6) is -1.04. The van der Waals surface area contributed by atoms with Crippen molar-refractivity contribution in [1.29, 1.82) is 0 Å². The Kier molecular flexibility index (Phi) is 3.27. The fraction of sp³-hybridized carbons (Fsp3) is 0.250. The summed E-state index contributed by atoms with van der Waals surface area (Å²) in [5, 5.41) is 0. The molecule has 6 nitrogen and oxygen atoms in total. The Labute approximate surface area is 102 Å². The van der Waals surface area contributed by atoms with Crippen molar-refractivity contribution >= 4 is 23.3 Å². The Hall–Kier alpha value is -2.37. The average Bonchev–Trinajstić information content (AvgIpc) is 2.74. The van der Waals surface area contributed by atoms with Crippen LogP contribution in [-0.4, -0.2) is 35.7 Å². The lowest BCUT2D eigenvalue weighted by Crippen LogP contribution is -2.29. The van der Waals surface area contributed by atoms with Crippen LogP contribution in [0.15, 0.2) is 27.4 Å². The van der Waals surface area contributed by atoms with E-state index in [2.05, 4.69) is 4.98 Å². The van der Waals surface area contributed by atoms with Crippen molar-refractivity contribution in [2.75, 3.05) is 13.6 Å². The zero-order valence-corrected chi connectivity index (χ0v) is 9.80. The molecule has 0 unspecified atom stereocenters. The number of carbonyl (C=O) groups is 2. The number of rotatable bonds is 4. The molecule has 1 aromatic heterocycles. The molecule has 1 N–H and O–H groups in total. The molecule has 1 amide bonds. The van der Waals surface area contributed by atoms with Crippen LogP contribution in [0, 0.1) is 0 Å². The summed E-state index contributed by atoms with van der Waals surface area (Å²) >= 11 is 0. The highest BCUT2D eigenvalue weighted by Crippen LogP contribution is 2.12. The van der Waals surface area contributed by atoms with E-state index in [-0.39, 0.29) is 6.29 Å². The van der Waals surface area contributed by atoms with Crippen LogP contribution in [0.3, 0.4) is 0 Å². The number of carbonyl (C=O) groups excluding carboxylic acids is 2. The number of aromatic nitrogens is 1. The first-order valence-corrected chi connectivity index (χ1v) is 5.42. The van der Waals surface area contributed by atoms with Gasteiger partial charge in [0.2, 0.25) is 6.29 Å². The second-order valence-electron chi connectivity index (χ2n) is 3.97. The maximum Gasteiger partial charge on any atom is 0.417 e. The highest BCUT2D eigenvalue weighted by molar-refractivity contribution is 6.23. The molecule has 18 heavy (non-hydrogen) atoms. The van der Waals surface area contributed by atoms with Gasteiger partial charge in [-0.2, -0.15) is 0 Å². The van der Waals surface area contributed by atoms with E-state index in [4.69, 9.17) is 4.42 Å². The molecule has 1 heterocycles. The molecule has 94 valence electrons. The van der Waals surface area contributed by atoms with Gasteiger partial charge in [-0.1, -0.05) is 6.07 Å². The highest BCUT2D eigenvalue weighted by Gasteiger charge is 2.07. The molecule has 0 aliphatic rings. The second-order valence-corrected chi connectivity index (χ2v) is 3.97. The Morgan fingerprint density at radius 2 is 2.28 bits per heavy atom. The molecule has 6 heteroatoms. The number of aldehydes is 1. The molecular weight excluding hydrogens is 236 g/mol. The number of benzene rings is 1. The zero-order chi connectivity index (χ0) is 13.1. The number of likely N-dealkylation sites (N-methyl/N-ethyl adjacent to an activating group) is 1. The number of oxazole rings is 1. The lowest BCUT2D eigenvalue weighted by molar-refractivity contribution is -0.137. The van der Waals surface area contributed by atoms with E-state index in [9.17, 15) is 14.4 Å². The van der Waals surface area contributed by atoms with E-state index < -0.39 is 11.7 Å². The monoisotopic (exact) mass is 248 g/mol. The summed E-state index contributed by atoms with van der Waals surface area (Å²) in [6.07, 6.45) is 0.885. The van der Waals surface area contributed by atoms with Crippen molar-refractivity contribution in [2.45, 2.75) is 6.42 Å². The Balaban J connectivity index is 2.10. The molecule has 0 saturated carbocycles. The molecule has 0 bridgehead atoms. The van der Waals surface area contributed by atoms with Crippen LogP contribution in [0.2, 0.25) is 0 Å². The van der Waals surface area contributed by atoms with Crippen LogP contribution in [0.25, 0.3) is 11.1 Å². The summed E-state index contributed by atoms with van der Waals surface area (Å²) in [6.45, 7) is 0.436. The van der Waals surface area contributed by atoms with Gasteiger partial charge < -0.3 is 9.32 Å². The third-order valence-electron chi connectivity index (χ3n) is 2.70. The Morgan fingerprint density at radius 1 is 1.50 bits per heavy atom. The van der Waals surface area contributed by atoms with E-state index in [1.807, 2.05) is 6.07 Å². The van der Waals surface area contributed by atoms with Crippen LogP contribution >= 0.6 is 0 Å². The van der Waals surface area contributed by atoms with Crippen molar-refractivity contribution < 1.29 is 14.0 Å². The summed E-state index contributed by atoms with van der Waals surface area (Å²) in [5.41, 5.74) is 2.08. The molecule has 0 spiro atoms. The maximum absolute atomic E-state index is 11.0. The fourth-order valence-corrected chi connectivity index (χ4v) is 1.65. The molecule has 0 fully saturated rings. The van der Waals surface area contributed by atoms with Crippen LogP contribution in [0.4, 0.5) is 0 Å². The minimum absolute atomic E-state index is 0.288. The van der Waals surface area contributed by atoms with Gasteiger partial charge >= 0.3 is 5.76 Å². The predicted octanol–water partition coefficient (Wildman–Crippen LogP) is 0.321. The van der Waals surface area contributed by atoms with Gasteiger partial charge in [0.1, 0.15) is 0 Å². The summed E-state index contributed by atoms with van der Waals surface area (Å²) in [7, 11) is 1.56. The van der Waals surface area contributed by atoms with Gasteiger partial charge in [-0.05, 0) is 24.1 Å². The van der Waals surface area contributed by atoms with Crippen LogP contribution in [0.5, 0.6) is 0 Å². The number of fused-ring (bicyclic) bond motifs is 1. The van der Waals surface area contributed by atoms with E-state index in [1.54, 1.807) is 19.2 Å². The van der Waals surface area contributed by atoms with E-state index >= 15 is 0 Å². The van der Waals surface area contributed by atoms with Gasteiger partial charge in [0.05, 0.1) is 5.52 Å². The molecule has 0 aliphatic heterocycles. The van der Waals surface area contributed by atoms with Crippen LogP contribution < -0.4 is 5.76 Å². The van der Waals surface area contributed by atoms with Crippen molar-refractivity contribution in [3.63, 3.8) is 0 Å². The van der Waals surface area contributed by atoms with Crippen molar-refractivity contribution in [3.8, 4) is 0 Å². The van der Waals surface area contributed by atoms with E-state index in [0.29, 0.717) is 24.1 Å². The quantitative estimate of drug-likeness (QED) is 0.624. The number of amides is 1. The molecule has 0 aliphatic carbocycles. The fourth-order valence-electron chi connectivity index (χ4n) is 1.65. The van der Waals surface area contributed by atoms with E-state index in [0.717, 1.165) is 5.56 Å². The van der Waals surface area contributed by atoms with Gasteiger partial charge in [-0.15, -0.1) is 0 Å². The lowest BCUT2D eigenvalue weighted by Gasteiger charge is -2.13. The SMILES string of the molecule is CN(CCc1ccc2oc(=O)[nH]c2c1)C(=O)C=O. The van der Waals surface area contributed by atoms with Gasteiger partial charge in [0, 0.05) is 13.6 Å². The number of nitrogens with one attached hydrogen (secondary N) is 1. The maximum atomic E-state index is 11.0. The molecule has 2 rings (SSSR count). The van der Waals surface area contributed by atoms with Gasteiger partial charge in [-0.3, -0.25) is 14.6 Å². The minimum atomic E-state index is -0.548. The third kappa shape index (κ3) is 2.48. The van der Waals surface area contributed by atoms with Crippen LogP contribution in [0.1, 0.15) is 5.56 Å². The smallest absolute Gasteiger partial charge is 0.408 e. The predicted molar refractivity (Wildman–Crippen MR) is 64.2 cm³/mol. The molecule has 1 aromatic carbocycles. The number of hydrogen-bond acceptors (Lipinski definition) is 4. The van der Waals surface area contributed by atoms with Crippen molar-refractivity contribution in [1.82, 2.24) is 9.88 Å². The van der Waals surface area contributed by atoms with Crippen molar-refractivity contribution in [3.05, 3.63) is 34.3 Å². The standard InChI is InChI=1S/C12H12N2O4/c1-14(11(16)7-15)5-4-8-2-3-10-9(6-8)13-12(17)18-10/h2-3,6-7H,4-5H2,1H3,(H,13,17). The highest BCUT2D eigenvalue weighted by atomic mass is 16.4. The molecule has 2 aromatic rings. The molecular formula is C12H12N2O4. The molecule has 0 saturated heterocycles. The summed E-state index contributed by atoms with van der Waals surface area (Å²) in [4.78, 5) is 36.2. The Bertz CT molecular complexity index is 641. The first-order chi connectivity index (χ1) is 8.60. The normalized spacial score (nSPS) is 10.5. The van der Waals surface area contributed by atoms with Crippen LogP contribution in [-0.2, 0) is 16.0 Å². The van der Waals surface area contributed by atoms with Gasteiger partial charge in [-0.25, -0.2) is 4.79 Å². The lowest BCUT2D eigenvalue weighted by atomic mass is 10.1. The summed E-state index contributed by atoms with van der Waals surface area (Å²) in [6, 6.07) is 5.31. The number of aromatic amines is 1. The second kappa shape index (κ2) is 4.87. The summed E-state index contributed by atoms with van der Waals surface area (Å²) < 4.78 is 4.88. The number of hydrogen-bond donors (Lipinski definition) is 1. The third-order valence-corrected chi connectivity index (χ3v) is 2.70. The van der Waals surface area contributed by atoms with Gasteiger partial charge in [0.25, 0.3) is 5.91 Å². The number of H-pyrrole nitrogens is 1.